The highest BCUT2D eigenvalue weighted by atomic mass is 32.2. The van der Waals surface area contributed by atoms with Crippen LogP contribution in [0.4, 0.5) is 0 Å². The van der Waals surface area contributed by atoms with Gasteiger partial charge < -0.3 is 14.7 Å². The van der Waals surface area contributed by atoms with Gasteiger partial charge in [0, 0.05) is 26.7 Å². The van der Waals surface area contributed by atoms with E-state index in [1.165, 1.54) is 6.07 Å². The first-order chi connectivity index (χ1) is 9.90. The highest BCUT2D eigenvalue weighted by Gasteiger charge is 2.17. The van der Waals surface area contributed by atoms with E-state index in [0.29, 0.717) is 30.8 Å². The molecule has 0 amide bonds. The van der Waals surface area contributed by atoms with E-state index >= 15 is 0 Å². The summed E-state index contributed by atoms with van der Waals surface area (Å²) >= 11 is 0. The highest BCUT2D eigenvalue weighted by Crippen LogP contribution is 2.16. The number of aliphatic hydroxyl groups excluding tert-OH is 1. The lowest BCUT2D eigenvalue weighted by molar-refractivity contribution is 0.162. The van der Waals surface area contributed by atoms with Crippen molar-refractivity contribution in [1.29, 1.82) is 0 Å². The van der Waals surface area contributed by atoms with Gasteiger partial charge in [0.25, 0.3) is 0 Å². The first-order valence-corrected chi connectivity index (χ1v) is 8.26. The maximum absolute atomic E-state index is 12.3. The molecule has 1 rings (SSSR count). The molecular formula is C14H24N2O4S. The molecule has 0 aliphatic carbocycles. The van der Waals surface area contributed by atoms with Gasteiger partial charge in [-0.25, -0.2) is 13.1 Å². The Hall–Kier alpha value is -0.990. The first-order valence-electron chi connectivity index (χ1n) is 6.78. The molecule has 0 heterocycles. The van der Waals surface area contributed by atoms with E-state index in [1.54, 1.807) is 26.2 Å². The monoisotopic (exact) mass is 316 g/mol. The number of aliphatic hydroxyl groups is 1. The number of benzene rings is 1. The van der Waals surface area contributed by atoms with E-state index in [-0.39, 0.29) is 11.5 Å². The fourth-order valence-corrected chi connectivity index (χ4v) is 3.15. The quantitative estimate of drug-likeness (QED) is 0.687. The predicted molar refractivity (Wildman–Crippen MR) is 81.7 cm³/mol. The van der Waals surface area contributed by atoms with Gasteiger partial charge in [0.2, 0.25) is 10.0 Å². The molecule has 0 saturated heterocycles. The van der Waals surface area contributed by atoms with Crippen LogP contribution in [-0.2, 0) is 21.4 Å². The maximum atomic E-state index is 12.3. The Labute approximate surface area is 126 Å². The molecule has 0 radical (unpaired) electrons. The van der Waals surface area contributed by atoms with E-state index in [4.69, 9.17) is 9.84 Å². The molecule has 6 nitrogen and oxygen atoms in total. The molecule has 1 aromatic rings. The molecule has 2 N–H and O–H groups in total. The van der Waals surface area contributed by atoms with E-state index in [0.717, 1.165) is 6.54 Å². The summed E-state index contributed by atoms with van der Waals surface area (Å²) in [5.41, 5.74) is 1.24. The van der Waals surface area contributed by atoms with Crippen LogP contribution in [0.2, 0.25) is 0 Å². The zero-order chi connectivity index (χ0) is 15.9. The van der Waals surface area contributed by atoms with Gasteiger partial charge in [-0.05, 0) is 31.2 Å². The molecule has 120 valence electrons. The number of ether oxygens (including phenoxy) is 1. The van der Waals surface area contributed by atoms with Gasteiger partial charge in [-0.1, -0.05) is 12.1 Å². The lowest BCUT2D eigenvalue weighted by Gasteiger charge is -2.16. The second kappa shape index (κ2) is 8.45. The molecule has 1 aromatic carbocycles. The third-order valence-electron chi connectivity index (χ3n) is 3.19. The molecule has 0 aliphatic heterocycles. The van der Waals surface area contributed by atoms with E-state index < -0.39 is 10.0 Å². The summed E-state index contributed by atoms with van der Waals surface area (Å²) in [5.74, 6) is 0. The normalized spacial score (nSPS) is 12.0. The molecule has 0 aliphatic rings. The lowest BCUT2D eigenvalue weighted by Crippen LogP contribution is -2.34. The molecule has 21 heavy (non-hydrogen) atoms. The summed E-state index contributed by atoms with van der Waals surface area (Å²) in [4.78, 5) is 2.21. The van der Waals surface area contributed by atoms with Crippen molar-refractivity contribution in [1.82, 2.24) is 9.62 Å². The molecule has 0 saturated carbocycles. The second-order valence-corrected chi connectivity index (χ2v) is 6.69. The van der Waals surface area contributed by atoms with Gasteiger partial charge in [0.05, 0.1) is 18.1 Å². The van der Waals surface area contributed by atoms with Gasteiger partial charge in [-0.3, -0.25) is 0 Å². The topological polar surface area (TPSA) is 78.9 Å². The van der Waals surface area contributed by atoms with Crippen LogP contribution < -0.4 is 4.72 Å². The van der Waals surface area contributed by atoms with Gasteiger partial charge in [-0.15, -0.1) is 0 Å². The number of hydrogen-bond acceptors (Lipinski definition) is 5. The van der Waals surface area contributed by atoms with Gasteiger partial charge >= 0.3 is 0 Å². The molecule has 7 heteroatoms. The van der Waals surface area contributed by atoms with Crippen molar-refractivity contribution in [3.05, 3.63) is 29.3 Å². The van der Waals surface area contributed by atoms with Crippen molar-refractivity contribution in [2.24, 2.45) is 0 Å². The second-order valence-electron chi connectivity index (χ2n) is 4.95. The molecule has 0 unspecified atom stereocenters. The van der Waals surface area contributed by atoms with Crippen LogP contribution in [0.5, 0.6) is 0 Å². The molecule has 0 atom stereocenters. The third kappa shape index (κ3) is 5.72. The van der Waals surface area contributed by atoms with Gasteiger partial charge in [-0.2, -0.15) is 0 Å². The van der Waals surface area contributed by atoms with Crippen molar-refractivity contribution in [2.45, 2.75) is 18.4 Å². The number of nitrogens with one attached hydrogen (secondary N) is 1. The summed E-state index contributed by atoms with van der Waals surface area (Å²) in [6.45, 7) is 3.84. The number of likely N-dealkylation sites (N-methyl/N-ethyl adjacent to an activating group) is 1. The van der Waals surface area contributed by atoms with E-state index in [1.807, 2.05) is 11.9 Å². The molecule has 0 spiro atoms. The molecule has 0 fully saturated rings. The van der Waals surface area contributed by atoms with Crippen LogP contribution in [0.1, 0.15) is 11.1 Å². The van der Waals surface area contributed by atoms with Crippen LogP contribution in [0, 0.1) is 6.92 Å². The fourth-order valence-electron chi connectivity index (χ4n) is 1.84. The molecular weight excluding hydrogens is 292 g/mol. The minimum absolute atomic E-state index is 0.178. The van der Waals surface area contributed by atoms with Crippen LogP contribution in [0.3, 0.4) is 0 Å². The number of methoxy groups -OCH3 is 1. The maximum Gasteiger partial charge on any atom is 0.240 e. The predicted octanol–water partition coefficient (Wildman–Crippen LogP) is 0.344. The van der Waals surface area contributed by atoms with E-state index in [9.17, 15) is 8.42 Å². The number of nitrogens with zero attached hydrogens (tertiary/aromatic N) is 1. The van der Waals surface area contributed by atoms with Crippen LogP contribution >= 0.6 is 0 Å². The Morgan fingerprint density at radius 1 is 1.33 bits per heavy atom. The Morgan fingerprint density at radius 2 is 2.05 bits per heavy atom. The smallest absolute Gasteiger partial charge is 0.240 e. The average molecular weight is 316 g/mol. The lowest BCUT2D eigenvalue weighted by atomic mass is 10.2. The van der Waals surface area contributed by atoms with E-state index in [2.05, 4.69) is 4.72 Å². The van der Waals surface area contributed by atoms with Crippen LogP contribution in [0.25, 0.3) is 0 Å². The van der Waals surface area contributed by atoms with Crippen molar-refractivity contribution in [2.75, 3.05) is 40.4 Å². The van der Waals surface area contributed by atoms with Gasteiger partial charge in [0.1, 0.15) is 0 Å². The van der Waals surface area contributed by atoms with Crippen molar-refractivity contribution >= 4 is 10.0 Å². The summed E-state index contributed by atoms with van der Waals surface area (Å²) in [7, 11) is -0.0186. The number of aryl methyl sites for hydroxylation is 1. The number of hydrogen-bond donors (Lipinski definition) is 2. The van der Waals surface area contributed by atoms with Gasteiger partial charge in [0.15, 0.2) is 0 Å². The zero-order valence-electron chi connectivity index (χ0n) is 12.8. The molecule has 0 aromatic heterocycles. The minimum atomic E-state index is -3.56. The zero-order valence-corrected chi connectivity index (χ0v) is 13.6. The summed E-state index contributed by atoms with van der Waals surface area (Å²) in [5, 5.41) is 9.12. The van der Waals surface area contributed by atoms with Crippen molar-refractivity contribution in [3.63, 3.8) is 0 Å². The SMILES string of the molecule is COCCN(C)CCNS(=O)(=O)c1cc(CO)ccc1C. The number of sulfonamides is 1. The Bertz CT molecular complexity index is 546. The first kappa shape index (κ1) is 18.1. The average Bonchev–Trinajstić information content (AvgIpc) is 2.45. The highest BCUT2D eigenvalue weighted by molar-refractivity contribution is 7.89. The Morgan fingerprint density at radius 3 is 2.67 bits per heavy atom. The Balaban J connectivity index is 2.65. The standard InChI is InChI=1S/C14H24N2O4S/c1-12-4-5-13(11-17)10-14(12)21(18,19)15-6-7-16(2)8-9-20-3/h4-5,10,15,17H,6-9,11H2,1-3H3. The third-order valence-corrected chi connectivity index (χ3v) is 4.79. The fraction of sp³-hybridized carbons (Fsp3) is 0.571. The minimum Gasteiger partial charge on any atom is -0.392 e. The van der Waals surface area contributed by atoms with Crippen molar-refractivity contribution < 1.29 is 18.3 Å². The van der Waals surface area contributed by atoms with Crippen LogP contribution in [0.15, 0.2) is 23.1 Å². The Kier molecular flexibility index (Phi) is 7.27. The van der Waals surface area contributed by atoms with Crippen molar-refractivity contribution in [3.8, 4) is 0 Å². The summed E-state index contributed by atoms with van der Waals surface area (Å²) < 4.78 is 32.1. The summed E-state index contributed by atoms with van der Waals surface area (Å²) in [6.07, 6.45) is 0. The number of rotatable bonds is 9. The van der Waals surface area contributed by atoms with Crippen LogP contribution in [-0.4, -0.2) is 58.8 Å². The summed E-state index contributed by atoms with van der Waals surface area (Å²) in [6, 6.07) is 4.92. The largest absolute Gasteiger partial charge is 0.392 e. The molecule has 0 bridgehead atoms.